The van der Waals surface area contributed by atoms with E-state index in [1.54, 1.807) is 0 Å². The van der Waals surface area contributed by atoms with Crippen LogP contribution in [0.25, 0.3) is 11.4 Å². The van der Waals surface area contributed by atoms with Crippen LogP contribution in [-0.2, 0) is 14.2 Å². The van der Waals surface area contributed by atoms with Crippen LogP contribution >= 0.6 is 0 Å². The molecule has 0 amide bonds. The van der Waals surface area contributed by atoms with E-state index in [0.29, 0.717) is 17.9 Å². The largest absolute Gasteiger partial charge is 0.491 e. The molecule has 2 rings (SSSR count). The zero-order valence-electron chi connectivity index (χ0n) is 29.7. The minimum atomic E-state index is -7.97. The number of hydrogen-bond donors (Lipinski definition) is 0. The number of alkyl halides is 16. The second-order valence-corrected chi connectivity index (χ2v) is 12.4. The van der Waals surface area contributed by atoms with Gasteiger partial charge in [0.2, 0.25) is 0 Å². The number of halogens is 17. The molecule has 24 heteroatoms. The number of ether oxygens (including phenoxy) is 5. The first-order valence-corrected chi connectivity index (χ1v) is 17.0. The molecule has 0 saturated carbocycles. The first kappa shape index (κ1) is 49.7. The highest BCUT2D eigenvalue weighted by atomic mass is 19.4. The van der Waals surface area contributed by atoms with Crippen LogP contribution in [0.5, 0.6) is 11.5 Å². The number of nitrogens with zero attached hydrogens (tertiary/aromatic N) is 2. The van der Waals surface area contributed by atoms with Gasteiger partial charge in [-0.15, -0.1) is 0 Å². The molecule has 0 spiro atoms. The summed E-state index contributed by atoms with van der Waals surface area (Å²) < 4.78 is 244. The monoisotopic (exact) mass is 864 g/mol. The highest BCUT2D eigenvalue weighted by Crippen LogP contribution is 2.56. The molecule has 2 aromatic rings. The molecule has 0 aliphatic carbocycles. The topological polar surface area (TPSA) is 71.9 Å². The SMILES string of the molecule is CCCCCCCCOc1cnc(-c2ccc(OCCCCC[C@@H](F)COCC(F)(F)OC(F)(F)C(F)(F)OC(F)(F)C(F)(F)C(F)(F)C(F)(F)F)c(F)c2)nc1. The van der Waals surface area contributed by atoms with Crippen molar-refractivity contribution in [2.24, 2.45) is 0 Å². The summed E-state index contributed by atoms with van der Waals surface area (Å²) in [5, 5.41) is 0. The van der Waals surface area contributed by atoms with E-state index >= 15 is 0 Å². The molecule has 0 aliphatic heterocycles. The van der Waals surface area contributed by atoms with Gasteiger partial charge in [-0.05, 0) is 43.9 Å². The Kier molecular flexibility index (Phi) is 17.9. The van der Waals surface area contributed by atoms with Gasteiger partial charge in [0.05, 0.1) is 32.2 Å². The highest BCUT2D eigenvalue weighted by Gasteiger charge is 2.85. The van der Waals surface area contributed by atoms with Gasteiger partial charge < -0.3 is 14.2 Å². The molecule has 0 bridgehead atoms. The van der Waals surface area contributed by atoms with E-state index in [-0.39, 0.29) is 37.4 Å². The molecule has 1 atom stereocenters. The Balaban J connectivity index is 1.73. The lowest BCUT2D eigenvalue weighted by Gasteiger charge is -2.36. The molecule has 1 aromatic carbocycles. The predicted molar refractivity (Wildman–Crippen MR) is 164 cm³/mol. The van der Waals surface area contributed by atoms with Gasteiger partial charge in [-0.1, -0.05) is 45.4 Å². The number of benzene rings is 1. The molecule has 0 radical (unpaired) electrons. The molecule has 0 unspecified atom stereocenters. The fourth-order valence-electron chi connectivity index (χ4n) is 4.51. The normalized spacial score (nSPS) is 14.2. The van der Waals surface area contributed by atoms with Crippen molar-refractivity contribution in [2.45, 2.75) is 120 Å². The molecule has 7 nitrogen and oxygen atoms in total. The second kappa shape index (κ2) is 20.5. The molecule has 328 valence electrons. The minimum Gasteiger partial charge on any atom is -0.491 e. The average Bonchev–Trinajstić information content (AvgIpc) is 3.08. The van der Waals surface area contributed by atoms with Gasteiger partial charge in [0.1, 0.15) is 12.8 Å². The van der Waals surface area contributed by atoms with Crippen molar-refractivity contribution in [3.8, 4) is 22.9 Å². The van der Waals surface area contributed by atoms with Crippen molar-refractivity contribution >= 4 is 0 Å². The lowest BCUT2D eigenvalue weighted by molar-refractivity contribution is -0.543. The molecule has 1 aromatic heterocycles. The molecule has 0 saturated heterocycles. The van der Waals surface area contributed by atoms with Crippen LogP contribution in [0.3, 0.4) is 0 Å². The zero-order chi connectivity index (χ0) is 43.3. The Morgan fingerprint density at radius 3 is 1.75 bits per heavy atom. The summed E-state index contributed by atoms with van der Waals surface area (Å²) in [7, 11) is 0. The van der Waals surface area contributed by atoms with Crippen molar-refractivity contribution in [3.63, 3.8) is 0 Å². The van der Waals surface area contributed by atoms with E-state index in [1.165, 1.54) is 42.1 Å². The summed E-state index contributed by atoms with van der Waals surface area (Å²) in [6, 6.07) is 3.96. The summed E-state index contributed by atoms with van der Waals surface area (Å²) in [6.07, 6.45) is -28.0. The Labute approximate surface area is 314 Å². The van der Waals surface area contributed by atoms with Crippen LogP contribution in [0, 0.1) is 5.82 Å². The molecular formula is C33H37F17N2O5. The number of aromatic nitrogens is 2. The van der Waals surface area contributed by atoms with Gasteiger partial charge in [0.15, 0.2) is 23.1 Å². The maximum Gasteiger partial charge on any atom is 0.460 e. The summed E-state index contributed by atoms with van der Waals surface area (Å²) >= 11 is 0. The lowest BCUT2D eigenvalue weighted by atomic mass is 10.1. The van der Waals surface area contributed by atoms with Gasteiger partial charge >= 0.3 is 42.5 Å². The first-order valence-electron chi connectivity index (χ1n) is 17.0. The predicted octanol–water partition coefficient (Wildman–Crippen LogP) is 11.6. The fraction of sp³-hybridized carbons (Fsp3) is 0.697. The van der Waals surface area contributed by atoms with Crippen molar-refractivity contribution in [1.29, 1.82) is 0 Å². The Bertz CT molecular complexity index is 1500. The van der Waals surface area contributed by atoms with Gasteiger partial charge in [0, 0.05) is 5.56 Å². The molecule has 57 heavy (non-hydrogen) atoms. The van der Waals surface area contributed by atoms with Crippen LogP contribution < -0.4 is 9.47 Å². The number of rotatable bonds is 27. The van der Waals surface area contributed by atoms with Crippen molar-refractivity contribution in [1.82, 2.24) is 9.97 Å². The van der Waals surface area contributed by atoms with E-state index < -0.39 is 74.1 Å². The third-order valence-corrected chi connectivity index (χ3v) is 7.56. The van der Waals surface area contributed by atoms with Crippen LogP contribution in [0.15, 0.2) is 30.6 Å². The highest BCUT2D eigenvalue weighted by molar-refractivity contribution is 5.56. The van der Waals surface area contributed by atoms with E-state index in [1.807, 2.05) is 0 Å². The van der Waals surface area contributed by atoms with E-state index in [2.05, 4.69) is 26.4 Å². The van der Waals surface area contributed by atoms with Gasteiger partial charge in [-0.3, -0.25) is 0 Å². The lowest BCUT2D eigenvalue weighted by Crippen LogP contribution is -2.64. The fourth-order valence-corrected chi connectivity index (χ4v) is 4.51. The molecule has 0 N–H and O–H groups in total. The van der Waals surface area contributed by atoms with E-state index in [4.69, 9.17) is 9.47 Å². The van der Waals surface area contributed by atoms with E-state index in [9.17, 15) is 74.6 Å². The standard InChI is InChI=1S/C33H37F17N2O5/c1-2-3-4-5-6-9-14-54-23-17-51-26(52-18-23)21-12-13-25(24(35)16-21)55-15-10-7-8-11-22(34)19-53-20-27(36,37)56-32(47,48)33(49,50)57-31(45,46)29(40,41)28(38,39)30(42,43)44/h12-13,16-18,22H,2-11,14-15,19-20H2,1H3/t22-/m1/s1. The third-order valence-electron chi connectivity index (χ3n) is 7.56. The van der Waals surface area contributed by atoms with Gasteiger partial charge in [-0.2, -0.15) is 65.9 Å². The summed E-state index contributed by atoms with van der Waals surface area (Å²) in [6.45, 7) is -1.24. The number of hydrogen-bond acceptors (Lipinski definition) is 7. The summed E-state index contributed by atoms with van der Waals surface area (Å²) in [5.74, 6) is -16.0. The smallest absolute Gasteiger partial charge is 0.460 e. The first-order chi connectivity index (χ1) is 26.2. The van der Waals surface area contributed by atoms with Crippen molar-refractivity contribution < 1.29 is 98.3 Å². The maximum atomic E-state index is 14.6. The zero-order valence-corrected chi connectivity index (χ0v) is 29.7. The van der Waals surface area contributed by atoms with Crippen LogP contribution in [0.2, 0.25) is 0 Å². The van der Waals surface area contributed by atoms with Crippen molar-refractivity contribution in [2.75, 3.05) is 26.4 Å². The summed E-state index contributed by atoms with van der Waals surface area (Å²) in [4.78, 5) is 8.35. The summed E-state index contributed by atoms with van der Waals surface area (Å²) in [5.41, 5.74) is 0.341. The third kappa shape index (κ3) is 14.4. The van der Waals surface area contributed by atoms with E-state index in [0.717, 1.165) is 31.7 Å². The average molecular weight is 865 g/mol. The van der Waals surface area contributed by atoms with Gasteiger partial charge in [-0.25, -0.2) is 28.2 Å². The van der Waals surface area contributed by atoms with Crippen molar-refractivity contribution in [3.05, 3.63) is 36.4 Å². The number of unbranched alkanes of at least 4 members (excludes halogenated alkanes) is 7. The Hall–Kier alpha value is -3.41. The second-order valence-electron chi connectivity index (χ2n) is 12.4. The van der Waals surface area contributed by atoms with Crippen LogP contribution in [-0.4, -0.2) is 85.0 Å². The Morgan fingerprint density at radius 1 is 0.632 bits per heavy atom. The van der Waals surface area contributed by atoms with Crippen LogP contribution in [0.4, 0.5) is 74.6 Å². The molecule has 0 aliphatic rings. The maximum absolute atomic E-state index is 14.6. The Morgan fingerprint density at radius 2 is 1.18 bits per heavy atom. The minimum absolute atomic E-state index is 0.0199. The molecular weight excluding hydrogens is 827 g/mol. The van der Waals surface area contributed by atoms with Gasteiger partial charge in [0.25, 0.3) is 0 Å². The molecule has 1 heterocycles. The van der Waals surface area contributed by atoms with Crippen LogP contribution in [0.1, 0.15) is 71.1 Å². The quantitative estimate of drug-likeness (QED) is 0.0654. The molecule has 0 fully saturated rings.